The molecule has 2 fully saturated rings. The Morgan fingerprint density at radius 3 is 2.34 bits per heavy atom. The van der Waals surface area contributed by atoms with E-state index in [9.17, 15) is 24.0 Å². The van der Waals surface area contributed by atoms with Gasteiger partial charge in [0, 0.05) is 32.4 Å². The van der Waals surface area contributed by atoms with Crippen molar-refractivity contribution in [1.29, 1.82) is 0 Å². The maximum atomic E-state index is 13.2. The molecule has 2 atom stereocenters. The minimum atomic E-state index is -1.15. The summed E-state index contributed by atoms with van der Waals surface area (Å²) < 4.78 is 0. The van der Waals surface area contributed by atoms with Crippen molar-refractivity contribution < 1.29 is 28.8 Å². The van der Waals surface area contributed by atoms with E-state index >= 15 is 0 Å². The molecular weight excluding hydrogens is 416 g/mol. The summed E-state index contributed by atoms with van der Waals surface area (Å²) in [4.78, 5) is 68.7. The van der Waals surface area contributed by atoms with Gasteiger partial charge in [-0.05, 0) is 17.9 Å². The molecule has 10 nitrogen and oxygen atoms in total. The average Bonchev–Trinajstić information content (AvgIpc) is 3.07. The van der Waals surface area contributed by atoms with Gasteiger partial charge in [0.2, 0.25) is 5.91 Å². The molecule has 0 spiro atoms. The molecule has 5 amide bonds. The van der Waals surface area contributed by atoms with Crippen LogP contribution in [0.25, 0.3) is 0 Å². The van der Waals surface area contributed by atoms with Crippen molar-refractivity contribution in [2.45, 2.75) is 51.6 Å². The lowest BCUT2D eigenvalue weighted by Gasteiger charge is -2.36. The van der Waals surface area contributed by atoms with Gasteiger partial charge in [0.1, 0.15) is 12.1 Å². The van der Waals surface area contributed by atoms with Crippen molar-refractivity contribution >= 4 is 29.7 Å². The van der Waals surface area contributed by atoms with E-state index < -0.39 is 35.8 Å². The van der Waals surface area contributed by atoms with Gasteiger partial charge >= 0.3 is 12.0 Å². The Morgan fingerprint density at radius 2 is 1.75 bits per heavy atom. The second kappa shape index (κ2) is 10.3. The highest BCUT2D eigenvalue weighted by Gasteiger charge is 2.38. The number of carbonyl (C=O) groups is 5. The molecule has 0 aromatic heterocycles. The van der Waals surface area contributed by atoms with Gasteiger partial charge in [0.25, 0.3) is 11.8 Å². The molecule has 3 rings (SSSR count). The first-order valence-corrected chi connectivity index (χ1v) is 10.7. The van der Waals surface area contributed by atoms with E-state index in [1.807, 2.05) is 19.9 Å². The number of nitrogens with one attached hydrogen (secondary N) is 2. The van der Waals surface area contributed by atoms with E-state index in [-0.39, 0.29) is 31.2 Å². The number of hydrogen-bond donors (Lipinski definition) is 2. The highest BCUT2D eigenvalue weighted by molar-refractivity contribution is 6.02. The highest BCUT2D eigenvalue weighted by atomic mass is 16.7. The molecule has 2 aliphatic rings. The summed E-state index contributed by atoms with van der Waals surface area (Å²) in [6.45, 7) is 4.60. The molecule has 0 bridgehead atoms. The quantitative estimate of drug-likeness (QED) is 0.571. The van der Waals surface area contributed by atoms with Crippen LogP contribution in [0.2, 0.25) is 0 Å². The van der Waals surface area contributed by atoms with E-state index in [1.165, 1.54) is 4.90 Å². The fourth-order valence-corrected chi connectivity index (χ4v) is 3.83. The molecule has 0 unspecified atom stereocenters. The van der Waals surface area contributed by atoms with E-state index in [2.05, 4.69) is 10.6 Å². The van der Waals surface area contributed by atoms with Crippen molar-refractivity contribution in [3.8, 4) is 0 Å². The van der Waals surface area contributed by atoms with E-state index in [0.717, 1.165) is 5.56 Å². The zero-order valence-electron chi connectivity index (χ0n) is 18.2. The maximum Gasteiger partial charge on any atom is 0.355 e. The van der Waals surface area contributed by atoms with Crippen molar-refractivity contribution in [3.63, 3.8) is 0 Å². The van der Waals surface area contributed by atoms with Gasteiger partial charge in [-0.15, -0.1) is 5.06 Å². The number of urea groups is 1. The molecule has 10 heteroatoms. The summed E-state index contributed by atoms with van der Waals surface area (Å²) in [7, 11) is 0. The molecule has 2 aliphatic heterocycles. The number of hydrogen-bond acceptors (Lipinski definition) is 6. The topological polar surface area (TPSA) is 125 Å². The third-order valence-electron chi connectivity index (χ3n) is 5.42. The van der Waals surface area contributed by atoms with Gasteiger partial charge in [0.05, 0.1) is 0 Å². The number of imide groups is 1. The summed E-state index contributed by atoms with van der Waals surface area (Å²) >= 11 is 0. The Balaban J connectivity index is 1.79. The van der Waals surface area contributed by atoms with Gasteiger partial charge < -0.3 is 20.4 Å². The molecule has 1 aromatic rings. The van der Waals surface area contributed by atoms with Crippen molar-refractivity contribution in [1.82, 2.24) is 20.6 Å². The lowest BCUT2D eigenvalue weighted by molar-refractivity contribution is -0.199. The van der Waals surface area contributed by atoms with Gasteiger partial charge in [0.15, 0.2) is 0 Å². The van der Waals surface area contributed by atoms with Crippen LogP contribution in [0.5, 0.6) is 0 Å². The zero-order valence-corrected chi connectivity index (χ0v) is 18.2. The Bertz CT molecular complexity index is 872. The number of benzene rings is 1. The van der Waals surface area contributed by atoms with Crippen LogP contribution in [0.4, 0.5) is 4.79 Å². The SMILES string of the molecule is CC(C)[C@@H](C(=O)N[C@@H](Cc1ccccc1)C(=O)ON1C(=O)CCC1=O)N1CCCNC1=O. The molecule has 0 aliphatic carbocycles. The summed E-state index contributed by atoms with van der Waals surface area (Å²) in [5.41, 5.74) is 0.755. The normalized spacial score (nSPS) is 18.4. The second-order valence-corrected chi connectivity index (χ2v) is 8.21. The molecule has 2 heterocycles. The van der Waals surface area contributed by atoms with Crippen LogP contribution < -0.4 is 10.6 Å². The summed E-state index contributed by atoms with van der Waals surface area (Å²) in [6.07, 6.45) is 0.748. The predicted molar refractivity (Wildman–Crippen MR) is 113 cm³/mol. The van der Waals surface area contributed by atoms with Crippen molar-refractivity contribution in [2.75, 3.05) is 13.1 Å². The third-order valence-corrected chi connectivity index (χ3v) is 5.42. The molecular formula is C22H28N4O6. The molecule has 0 saturated carbocycles. The third kappa shape index (κ3) is 5.43. The lowest BCUT2D eigenvalue weighted by atomic mass is 9.99. The number of amides is 5. The first kappa shape index (κ1) is 23.2. The van der Waals surface area contributed by atoms with Gasteiger partial charge in [-0.3, -0.25) is 14.4 Å². The zero-order chi connectivity index (χ0) is 23.3. The smallest absolute Gasteiger partial charge is 0.341 e. The fourth-order valence-electron chi connectivity index (χ4n) is 3.83. The monoisotopic (exact) mass is 444 g/mol. The Morgan fingerprint density at radius 1 is 1.09 bits per heavy atom. The van der Waals surface area contributed by atoms with Crippen LogP contribution in [0.15, 0.2) is 30.3 Å². The number of nitrogens with zero attached hydrogens (tertiary/aromatic N) is 2. The van der Waals surface area contributed by atoms with Crippen LogP contribution >= 0.6 is 0 Å². The van der Waals surface area contributed by atoms with Crippen molar-refractivity contribution in [2.24, 2.45) is 5.92 Å². The Kier molecular flexibility index (Phi) is 7.45. The fraction of sp³-hybridized carbons (Fsp3) is 0.500. The average molecular weight is 444 g/mol. The second-order valence-electron chi connectivity index (χ2n) is 8.21. The van der Waals surface area contributed by atoms with Crippen LogP contribution in [0, 0.1) is 5.92 Å². The minimum Gasteiger partial charge on any atom is -0.341 e. The molecule has 1 aromatic carbocycles. The largest absolute Gasteiger partial charge is 0.355 e. The van der Waals surface area contributed by atoms with Gasteiger partial charge in [-0.2, -0.15) is 0 Å². The Labute approximate surface area is 186 Å². The number of hydroxylamine groups is 2. The summed E-state index contributed by atoms with van der Waals surface area (Å²) in [5.74, 6) is -2.84. The van der Waals surface area contributed by atoms with Gasteiger partial charge in [-0.1, -0.05) is 44.2 Å². The highest BCUT2D eigenvalue weighted by Crippen LogP contribution is 2.17. The maximum absolute atomic E-state index is 13.2. The number of carbonyl (C=O) groups excluding carboxylic acids is 5. The van der Waals surface area contributed by atoms with E-state index in [4.69, 9.17) is 4.84 Å². The van der Waals surface area contributed by atoms with Crippen LogP contribution in [0.1, 0.15) is 38.7 Å². The molecule has 0 radical (unpaired) electrons. The van der Waals surface area contributed by atoms with E-state index in [1.54, 1.807) is 24.3 Å². The first-order chi connectivity index (χ1) is 15.3. The minimum absolute atomic E-state index is 0.0265. The molecule has 32 heavy (non-hydrogen) atoms. The predicted octanol–water partition coefficient (Wildman–Crippen LogP) is 0.761. The standard InChI is InChI=1S/C22H28N4O6/c1-14(2)19(25-12-6-11-23-22(25)31)20(29)24-16(13-15-7-4-3-5-8-15)21(30)32-26-17(27)9-10-18(26)28/h3-5,7-8,14,16,19H,6,9-13H2,1-2H3,(H,23,31)(H,24,29)/t16-,19-/m0/s1. The van der Waals surface area contributed by atoms with Gasteiger partial charge in [-0.25, -0.2) is 9.59 Å². The van der Waals surface area contributed by atoms with Crippen LogP contribution in [-0.4, -0.2) is 64.9 Å². The Hall–Kier alpha value is -3.43. The van der Waals surface area contributed by atoms with E-state index in [0.29, 0.717) is 24.6 Å². The molecule has 2 saturated heterocycles. The number of rotatable bonds is 8. The molecule has 2 N–H and O–H groups in total. The van der Waals surface area contributed by atoms with Crippen LogP contribution in [0.3, 0.4) is 0 Å². The lowest BCUT2D eigenvalue weighted by Crippen LogP contribution is -2.60. The van der Waals surface area contributed by atoms with Crippen LogP contribution in [-0.2, 0) is 30.4 Å². The summed E-state index contributed by atoms with van der Waals surface area (Å²) in [6, 6.07) is 6.70. The molecule has 172 valence electrons. The first-order valence-electron chi connectivity index (χ1n) is 10.7. The van der Waals surface area contributed by atoms with Crippen molar-refractivity contribution in [3.05, 3.63) is 35.9 Å². The summed E-state index contributed by atoms with van der Waals surface area (Å²) in [5, 5.41) is 5.88.